The van der Waals surface area contributed by atoms with Gasteiger partial charge in [0.25, 0.3) is 11.5 Å². The van der Waals surface area contributed by atoms with Gasteiger partial charge in [0.05, 0.1) is 13.2 Å². The minimum atomic E-state index is -0.662. The zero-order valence-corrected chi connectivity index (χ0v) is 13.7. The van der Waals surface area contributed by atoms with Crippen LogP contribution in [0.4, 0.5) is 5.82 Å². The molecule has 0 atom stereocenters. The molecule has 134 valence electrons. The van der Waals surface area contributed by atoms with E-state index in [-0.39, 0.29) is 16.9 Å². The van der Waals surface area contributed by atoms with Crippen molar-refractivity contribution < 1.29 is 9.53 Å². The predicted octanol–water partition coefficient (Wildman–Crippen LogP) is -0.923. The normalized spacial score (nSPS) is 14.5. The minimum Gasteiger partial charge on any atom is -0.378 e. The summed E-state index contributed by atoms with van der Waals surface area (Å²) in [5.74, 6) is 0.471. The van der Waals surface area contributed by atoms with Crippen molar-refractivity contribution in [2.24, 2.45) is 5.73 Å². The van der Waals surface area contributed by atoms with Crippen molar-refractivity contribution in [3.8, 4) is 11.5 Å². The highest BCUT2D eigenvalue weighted by Crippen LogP contribution is 2.14. The Kier molecular flexibility index (Phi) is 3.97. The first-order chi connectivity index (χ1) is 12.6. The topological polar surface area (TPSA) is 137 Å². The summed E-state index contributed by atoms with van der Waals surface area (Å²) in [6, 6.07) is 1.73. The molecule has 0 saturated carbocycles. The molecule has 3 aromatic rings. The molecule has 3 aromatic heterocycles. The third-order valence-corrected chi connectivity index (χ3v) is 4.07. The van der Waals surface area contributed by atoms with Crippen molar-refractivity contribution >= 4 is 11.7 Å². The molecule has 11 heteroatoms. The van der Waals surface area contributed by atoms with Crippen molar-refractivity contribution in [1.29, 1.82) is 0 Å². The van der Waals surface area contributed by atoms with Crippen molar-refractivity contribution in [3.05, 3.63) is 47.2 Å². The van der Waals surface area contributed by atoms with Gasteiger partial charge in [-0.25, -0.2) is 15.0 Å². The van der Waals surface area contributed by atoms with E-state index in [4.69, 9.17) is 10.5 Å². The van der Waals surface area contributed by atoms with Gasteiger partial charge < -0.3 is 15.4 Å². The molecule has 4 rings (SSSR count). The molecule has 0 aromatic carbocycles. The molecule has 1 saturated heterocycles. The van der Waals surface area contributed by atoms with Crippen LogP contribution in [0.2, 0.25) is 0 Å². The number of carbonyl (C=O) groups excluding carboxylic acids is 1. The number of aromatic amines is 1. The fraction of sp³-hybridized carbons (Fsp3) is 0.267. The first-order valence-corrected chi connectivity index (χ1v) is 7.93. The van der Waals surface area contributed by atoms with E-state index in [1.54, 1.807) is 6.07 Å². The summed E-state index contributed by atoms with van der Waals surface area (Å²) in [6.07, 6.45) is 5.67. The van der Waals surface area contributed by atoms with Crippen LogP contribution in [0.5, 0.6) is 0 Å². The number of amides is 1. The fourth-order valence-electron chi connectivity index (χ4n) is 2.72. The van der Waals surface area contributed by atoms with Gasteiger partial charge in [0.1, 0.15) is 29.9 Å². The van der Waals surface area contributed by atoms with E-state index >= 15 is 0 Å². The second-order valence-corrected chi connectivity index (χ2v) is 5.66. The number of rotatable bonds is 4. The lowest BCUT2D eigenvalue weighted by molar-refractivity contribution is 0.0996. The van der Waals surface area contributed by atoms with Crippen LogP contribution in [0.1, 0.15) is 10.5 Å². The van der Waals surface area contributed by atoms with Gasteiger partial charge in [-0.2, -0.15) is 4.68 Å². The standard InChI is InChI=1S/C15H16N8O3/c16-14(24)10-7-22(9-19-10)11-6-20-23(15(11)25)13-5-12(17-8-18-13)21-1-3-26-4-2-21/h5-9,20H,1-4H2,(H2,16,24). The number of H-pyrrole nitrogens is 1. The summed E-state index contributed by atoms with van der Waals surface area (Å²) in [7, 11) is 0. The SMILES string of the molecule is NC(=O)c1cn(-c2c[nH]n(-c3cc(N4CCOCC4)ncn3)c2=O)cn1. The minimum absolute atomic E-state index is 0.0776. The molecular formula is C15H16N8O3. The molecule has 1 aliphatic heterocycles. The largest absolute Gasteiger partial charge is 0.378 e. The number of nitrogens with two attached hydrogens (primary N) is 1. The molecule has 1 aliphatic rings. The summed E-state index contributed by atoms with van der Waals surface area (Å²) in [6.45, 7) is 2.72. The number of hydrogen-bond acceptors (Lipinski definition) is 7. The van der Waals surface area contributed by atoms with E-state index in [1.165, 1.54) is 34.3 Å². The molecule has 3 N–H and O–H groups in total. The van der Waals surface area contributed by atoms with Crippen molar-refractivity contribution in [1.82, 2.24) is 29.3 Å². The number of morpholine rings is 1. The lowest BCUT2D eigenvalue weighted by atomic mass is 10.4. The van der Waals surface area contributed by atoms with Crippen molar-refractivity contribution in [2.45, 2.75) is 0 Å². The first kappa shape index (κ1) is 16.0. The van der Waals surface area contributed by atoms with E-state index in [2.05, 4.69) is 25.0 Å². The maximum absolute atomic E-state index is 12.7. The fourth-order valence-corrected chi connectivity index (χ4v) is 2.72. The van der Waals surface area contributed by atoms with Crippen LogP contribution in [-0.2, 0) is 4.74 Å². The summed E-state index contributed by atoms with van der Waals surface area (Å²) in [5, 5.41) is 2.86. The summed E-state index contributed by atoms with van der Waals surface area (Å²) >= 11 is 0. The second-order valence-electron chi connectivity index (χ2n) is 5.66. The highest BCUT2D eigenvalue weighted by Gasteiger charge is 2.16. The Morgan fingerprint density at radius 3 is 2.69 bits per heavy atom. The van der Waals surface area contributed by atoms with Crippen molar-refractivity contribution in [3.63, 3.8) is 0 Å². The highest BCUT2D eigenvalue weighted by molar-refractivity contribution is 5.90. The Bertz CT molecular complexity index is 998. The monoisotopic (exact) mass is 356 g/mol. The van der Waals surface area contributed by atoms with E-state index in [1.807, 2.05) is 0 Å². The van der Waals surface area contributed by atoms with E-state index in [0.717, 1.165) is 18.9 Å². The van der Waals surface area contributed by atoms with E-state index in [9.17, 15) is 9.59 Å². The number of carbonyl (C=O) groups is 1. The lowest BCUT2D eigenvalue weighted by Gasteiger charge is -2.27. The Labute approximate surface area is 147 Å². The summed E-state index contributed by atoms with van der Waals surface area (Å²) in [4.78, 5) is 38.3. The molecule has 0 bridgehead atoms. The number of nitrogens with one attached hydrogen (secondary N) is 1. The second kappa shape index (κ2) is 6.44. The van der Waals surface area contributed by atoms with Crippen LogP contribution in [-0.4, -0.2) is 61.5 Å². The summed E-state index contributed by atoms with van der Waals surface area (Å²) < 4.78 is 8.06. The first-order valence-electron chi connectivity index (χ1n) is 7.93. The lowest BCUT2D eigenvalue weighted by Crippen LogP contribution is -2.37. The van der Waals surface area contributed by atoms with Gasteiger partial charge in [0.2, 0.25) is 0 Å². The van der Waals surface area contributed by atoms with Gasteiger partial charge in [0.15, 0.2) is 5.82 Å². The van der Waals surface area contributed by atoms with Crippen LogP contribution < -0.4 is 16.2 Å². The Morgan fingerprint density at radius 1 is 1.19 bits per heavy atom. The Hall–Kier alpha value is -3.47. The van der Waals surface area contributed by atoms with Crippen LogP contribution in [0.25, 0.3) is 11.5 Å². The maximum atomic E-state index is 12.7. The van der Waals surface area contributed by atoms with Crippen LogP contribution in [0, 0.1) is 0 Å². The molecule has 4 heterocycles. The van der Waals surface area contributed by atoms with Gasteiger partial charge in [-0.1, -0.05) is 0 Å². The number of imidazole rings is 1. The molecular weight excluding hydrogens is 340 g/mol. The van der Waals surface area contributed by atoms with Crippen molar-refractivity contribution in [2.75, 3.05) is 31.2 Å². The molecule has 0 spiro atoms. The molecule has 0 aliphatic carbocycles. The Balaban J connectivity index is 1.67. The van der Waals surface area contributed by atoms with Crippen LogP contribution in [0.3, 0.4) is 0 Å². The smallest absolute Gasteiger partial charge is 0.296 e. The van der Waals surface area contributed by atoms with Gasteiger partial charge in [-0.05, 0) is 0 Å². The van der Waals surface area contributed by atoms with Gasteiger partial charge in [-0.3, -0.25) is 19.3 Å². The molecule has 26 heavy (non-hydrogen) atoms. The Morgan fingerprint density at radius 2 is 1.96 bits per heavy atom. The molecule has 0 unspecified atom stereocenters. The van der Waals surface area contributed by atoms with Gasteiger partial charge in [-0.15, -0.1) is 0 Å². The highest BCUT2D eigenvalue weighted by atomic mass is 16.5. The summed E-state index contributed by atoms with van der Waals surface area (Å²) in [5.41, 5.74) is 5.21. The molecule has 1 fully saturated rings. The number of ether oxygens (including phenoxy) is 1. The average molecular weight is 356 g/mol. The predicted molar refractivity (Wildman–Crippen MR) is 90.7 cm³/mol. The third kappa shape index (κ3) is 2.84. The molecule has 11 nitrogen and oxygen atoms in total. The number of hydrogen-bond donors (Lipinski definition) is 2. The average Bonchev–Trinajstić information content (AvgIpc) is 3.29. The maximum Gasteiger partial charge on any atom is 0.296 e. The molecule has 1 amide bonds. The number of anilines is 1. The van der Waals surface area contributed by atoms with Crippen LogP contribution >= 0.6 is 0 Å². The zero-order chi connectivity index (χ0) is 18.1. The zero-order valence-electron chi connectivity index (χ0n) is 13.7. The third-order valence-electron chi connectivity index (χ3n) is 4.07. The van der Waals surface area contributed by atoms with Gasteiger partial charge in [0, 0.05) is 31.5 Å². The molecule has 0 radical (unpaired) electrons. The number of nitrogens with zero attached hydrogens (tertiary/aromatic N) is 6. The van der Waals surface area contributed by atoms with E-state index < -0.39 is 5.91 Å². The number of aromatic nitrogens is 6. The quantitative estimate of drug-likeness (QED) is 0.616. The number of primary amides is 1. The van der Waals surface area contributed by atoms with E-state index in [0.29, 0.717) is 19.0 Å². The van der Waals surface area contributed by atoms with Crippen LogP contribution in [0.15, 0.2) is 35.9 Å². The van der Waals surface area contributed by atoms with Gasteiger partial charge >= 0.3 is 0 Å².